The molecule has 0 aliphatic heterocycles. The van der Waals surface area contributed by atoms with Crippen molar-refractivity contribution in [2.75, 3.05) is 0 Å². The van der Waals surface area contributed by atoms with Gasteiger partial charge in [0.2, 0.25) is 9.84 Å². The highest BCUT2D eigenvalue weighted by Crippen LogP contribution is 2.20. The first kappa shape index (κ1) is 16.8. The van der Waals surface area contributed by atoms with Gasteiger partial charge >= 0.3 is 0 Å². The van der Waals surface area contributed by atoms with Crippen LogP contribution in [-0.2, 0) is 9.84 Å². The first-order chi connectivity index (χ1) is 11.3. The van der Waals surface area contributed by atoms with Gasteiger partial charge < -0.3 is 4.98 Å². The van der Waals surface area contributed by atoms with Crippen molar-refractivity contribution in [2.45, 2.75) is 4.90 Å². The number of aromatic nitrogens is 1. The minimum Gasteiger partial charge on any atom is -0.321 e. The summed E-state index contributed by atoms with van der Waals surface area (Å²) < 4.78 is 24.9. The van der Waals surface area contributed by atoms with Crippen molar-refractivity contribution in [3.05, 3.63) is 79.9 Å². The molecular formula is C17H11Cl2NO3S. The fourth-order valence-electron chi connectivity index (χ4n) is 2.18. The van der Waals surface area contributed by atoms with Crippen molar-refractivity contribution in [1.82, 2.24) is 4.98 Å². The highest BCUT2D eigenvalue weighted by molar-refractivity contribution is 7.94. The molecular weight excluding hydrogens is 369 g/mol. The number of rotatable bonds is 3. The van der Waals surface area contributed by atoms with E-state index in [0.29, 0.717) is 26.5 Å². The van der Waals surface area contributed by atoms with Gasteiger partial charge in [-0.1, -0.05) is 41.4 Å². The van der Waals surface area contributed by atoms with E-state index in [0.717, 1.165) is 5.41 Å². The molecule has 0 spiro atoms. The zero-order valence-corrected chi connectivity index (χ0v) is 14.5. The Morgan fingerprint density at radius 2 is 1.58 bits per heavy atom. The van der Waals surface area contributed by atoms with Crippen LogP contribution in [-0.4, -0.2) is 13.4 Å². The number of sulfone groups is 1. The van der Waals surface area contributed by atoms with Crippen LogP contribution in [0, 0.1) is 0 Å². The Labute approximate surface area is 148 Å². The van der Waals surface area contributed by atoms with Crippen molar-refractivity contribution in [1.29, 1.82) is 0 Å². The molecule has 0 amide bonds. The van der Waals surface area contributed by atoms with Gasteiger partial charge in [0.25, 0.3) is 5.56 Å². The number of pyridine rings is 1. The molecule has 2 aromatic carbocycles. The van der Waals surface area contributed by atoms with Gasteiger partial charge in [0.15, 0.2) is 0 Å². The topological polar surface area (TPSA) is 67.0 Å². The molecule has 122 valence electrons. The van der Waals surface area contributed by atoms with E-state index < -0.39 is 15.4 Å². The second-order valence-corrected chi connectivity index (χ2v) is 7.77. The number of nitrogens with one attached hydrogen (secondary N) is 1. The Balaban J connectivity index is 2.04. The van der Waals surface area contributed by atoms with Crippen molar-refractivity contribution in [3.8, 4) is 0 Å². The summed E-state index contributed by atoms with van der Waals surface area (Å²) in [6, 6.07) is 12.9. The number of halogens is 2. The summed E-state index contributed by atoms with van der Waals surface area (Å²) in [5, 5.41) is 2.59. The van der Waals surface area contributed by atoms with E-state index in [1.807, 2.05) is 0 Å². The van der Waals surface area contributed by atoms with Gasteiger partial charge in [-0.3, -0.25) is 4.79 Å². The molecule has 0 fully saturated rings. The van der Waals surface area contributed by atoms with Gasteiger partial charge in [0, 0.05) is 21.0 Å². The van der Waals surface area contributed by atoms with Gasteiger partial charge in [-0.25, -0.2) is 8.42 Å². The third-order valence-corrected chi connectivity index (χ3v) is 5.29. The first-order valence-electron chi connectivity index (χ1n) is 6.86. The zero-order chi connectivity index (χ0) is 17.3. The van der Waals surface area contributed by atoms with Crippen LogP contribution >= 0.6 is 23.2 Å². The Morgan fingerprint density at radius 1 is 0.917 bits per heavy atom. The van der Waals surface area contributed by atoms with Crippen LogP contribution in [0.1, 0.15) is 5.56 Å². The molecule has 0 aliphatic rings. The molecule has 24 heavy (non-hydrogen) atoms. The Kier molecular flexibility index (Phi) is 4.49. The standard InChI is InChI=1S/C17H11Cl2NO3S/c18-13-4-1-11(2-5-13)7-8-24(22,23)16-9-12-3-6-14(19)10-15(12)20-17(16)21/h1-10H,(H,20,21)/b8-7+. The highest BCUT2D eigenvalue weighted by atomic mass is 35.5. The number of hydrogen-bond donors (Lipinski definition) is 1. The largest absolute Gasteiger partial charge is 0.321 e. The summed E-state index contributed by atoms with van der Waals surface area (Å²) in [5.74, 6) is 0. The van der Waals surface area contributed by atoms with Gasteiger partial charge in [0.05, 0.1) is 0 Å². The second kappa shape index (κ2) is 6.43. The molecule has 0 aliphatic carbocycles. The molecule has 0 saturated heterocycles. The van der Waals surface area contributed by atoms with E-state index in [-0.39, 0.29) is 4.90 Å². The lowest BCUT2D eigenvalue weighted by atomic mass is 10.2. The maximum atomic E-state index is 12.4. The summed E-state index contributed by atoms with van der Waals surface area (Å²) in [4.78, 5) is 14.3. The molecule has 0 unspecified atom stereocenters. The van der Waals surface area contributed by atoms with Crippen LogP contribution < -0.4 is 5.56 Å². The van der Waals surface area contributed by atoms with Crippen molar-refractivity contribution in [2.24, 2.45) is 0 Å². The molecule has 0 atom stereocenters. The monoisotopic (exact) mass is 379 g/mol. The van der Waals surface area contributed by atoms with E-state index in [1.54, 1.807) is 42.5 Å². The minimum absolute atomic E-state index is 0.317. The van der Waals surface area contributed by atoms with Crippen molar-refractivity contribution < 1.29 is 8.42 Å². The van der Waals surface area contributed by atoms with Crippen LogP contribution in [0.2, 0.25) is 10.0 Å². The zero-order valence-electron chi connectivity index (χ0n) is 12.2. The summed E-state index contributed by atoms with van der Waals surface area (Å²) in [5.41, 5.74) is 0.450. The SMILES string of the molecule is O=c1[nH]c2cc(Cl)ccc2cc1S(=O)(=O)/C=C/c1ccc(Cl)cc1. The summed E-state index contributed by atoms with van der Waals surface area (Å²) >= 11 is 11.7. The van der Waals surface area contributed by atoms with Gasteiger partial charge in [0.1, 0.15) is 4.90 Å². The normalized spacial score (nSPS) is 12.1. The lowest BCUT2D eigenvalue weighted by molar-refractivity contribution is 0.603. The second-order valence-electron chi connectivity index (χ2n) is 5.09. The first-order valence-corrected chi connectivity index (χ1v) is 9.17. The van der Waals surface area contributed by atoms with E-state index in [4.69, 9.17) is 23.2 Å². The summed E-state index contributed by atoms with van der Waals surface area (Å²) in [7, 11) is -3.89. The fraction of sp³-hybridized carbons (Fsp3) is 0. The molecule has 1 aromatic heterocycles. The highest BCUT2D eigenvalue weighted by Gasteiger charge is 2.16. The van der Waals surface area contributed by atoms with Crippen LogP contribution in [0.4, 0.5) is 0 Å². The number of fused-ring (bicyclic) bond motifs is 1. The van der Waals surface area contributed by atoms with Crippen LogP contribution in [0.15, 0.2) is 63.6 Å². The predicted molar refractivity (Wildman–Crippen MR) is 97.3 cm³/mol. The predicted octanol–water partition coefficient (Wildman–Crippen LogP) is 4.28. The Morgan fingerprint density at radius 3 is 2.29 bits per heavy atom. The summed E-state index contributed by atoms with van der Waals surface area (Å²) in [6.45, 7) is 0. The average Bonchev–Trinajstić information content (AvgIpc) is 2.53. The number of hydrogen-bond acceptors (Lipinski definition) is 3. The third-order valence-electron chi connectivity index (χ3n) is 3.39. The molecule has 0 bridgehead atoms. The van der Waals surface area contributed by atoms with Crippen LogP contribution in [0.3, 0.4) is 0 Å². The van der Waals surface area contributed by atoms with Crippen molar-refractivity contribution in [3.63, 3.8) is 0 Å². The Bertz CT molecular complexity index is 1100. The van der Waals surface area contributed by atoms with E-state index in [2.05, 4.69) is 4.98 Å². The van der Waals surface area contributed by atoms with E-state index in [9.17, 15) is 13.2 Å². The summed E-state index contributed by atoms with van der Waals surface area (Å²) in [6.07, 6.45) is 1.41. The molecule has 7 heteroatoms. The maximum absolute atomic E-state index is 12.4. The van der Waals surface area contributed by atoms with Gasteiger partial charge in [-0.05, 0) is 47.4 Å². The molecule has 3 rings (SSSR count). The number of H-pyrrole nitrogens is 1. The number of aromatic amines is 1. The lowest BCUT2D eigenvalue weighted by Crippen LogP contribution is -2.15. The molecule has 1 N–H and O–H groups in total. The van der Waals surface area contributed by atoms with Gasteiger partial charge in [-0.15, -0.1) is 0 Å². The third kappa shape index (κ3) is 3.53. The maximum Gasteiger partial charge on any atom is 0.267 e. The Hall–Kier alpha value is -2.08. The molecule has 0 radical (unpaired) electrons. The van der Waals surface area contributed by atoms with E-state index >= 15 is 0 Å². The van der Waals surface area contributed by atoms with Crippen LogP contribution in [0.5, 0.6) is 0 Å². The van der Waals surface area contributed by atoms with Crippen LogP contribution in [0.25, 0.3) is 17.0 Å². The average molecular weight is 380 g/mol. The minimum atomic E-state index is -3.89. The molecule has 4 nitrogen and oxygen atoms in total. The molecule has 1 heterocycles. The van der Waals surface area contributed by atoms with E-state index in [1.165, 1.54) is 12.1 Å². The van der Waals surface area contributed by atoms with Crippen molar-refractivity contribution >= 4 is 50.0 Å². The molecule has 0 saturated carbocycles. The number of benzene rings is 2. The molecule has 3 aromatic rings. The lowest BCUT2D eigenvalue weighted by Gasteiger charge is -2.03. The van der Waals surface area contributed by atoms with Gasteiger partial charge in [-0.2, -0.15) is 0 Å². The quantitative estimate of drug-likeness (QED) is 0.738. The smallest absolute Gasteiger partial charge is 0.267 e. The fourth-order valence-corrected chi connectivity index (χ4v) is 3.56.